The Kier molecular flexibility index (Phi) is 7.40. The number of methoxy groups -OCH3 is 1. The largest absolute Gasteiger partial charge is 0.497 e. The molecule has 0 saturated carbocycles. The van der Waals surface area contributed by atoms with Gasteiger partial charge >= 0.3 is 0 Å². The molecule has 168 valence electrons. The van der Waals surface area contributed by atoms with Crippen LogP contribution in [0.4, 0.5) is 0 Å². The van der Waals surface area contributed by atoms with Crippen LogP contribution in [0.3, 0.4) is 0 Å². The van der Waals surface area contributed by atoms with Crippen LogP contribution in [0, 0.1) is 0 Å². The normalized spacial score (nSPS) is 10.9. The second-order valence-electron chi connectivity index (χ2n) is 7.20. The van der Waals surface area contributed by atoms with Crippen molar-refractivity contribution in [2.45, 2.75) is 19.1 Å². The maximum absolute atomic E-state index is 13.3. The molecule has 0 aliphatic heterocycles. The van der Waals surface area contributed by atoms with Gasteiger partial charge in [0, 0.05) is 16.1 Å². The summed E-state index contributed by atoms with van der Waals surface area (Å²) < 4.78 is 12.8. The van der Waals surface area contributed by atoms with E-state index >= 15 is 0 Å². The number of hydrogen-bond donors (Lipinski definition) is 0. The number of carbonyl (C=O) groups excluding carboxylic acids is 1. The molecule has 0 atom stereocenters. The zero-order valence-electron chi connectivity index (χ0n) is 17.9. The summed E-state index contributed by atoms with van der Waals surface area (Å²) in [5, 5.41) is 8.91. The average molecular weight is 482 g/mol. The van der Waals surface area contributed by atoms with Gasteiger partial charge in [-0.1, -0.05) is 54.1 Å². The molecule has 0 aliphatic rings. The molecule has 33 heavy (non-hydrogen) atoms. The minimum atomic E-state index is -0.160. The topological polar surface area (TPSA) is 66.2 Å². The van der Waals surface area contributed by atoms with E-state index < -0.39 is 0 Å². The third-order valence-electron chi connectivity index (χ3n) is 5.06. The molecule has 0 N–H and O–H groups in total. The standard InChI is InChI=1S/C25H21Cl2N3O3/c1-32-20-10-7-17(8-11-20)15-33-16-24-29-28-23(14-26)30(24)22-12-9-19(27)13-21(22)25(31)18-5-3-2-4-6-18/h2-13H,14-16H2,1H3. The average Bonchev–Trinajstić information content (AvgIpc) is 3.27. The molecule has 6 nitrogen and oxygen atoms in total. The Labute approximate surface area is 201 Å². The molecular formula is C25H21Cl2N3O3. The number of hydrogen-bond acceptors (Lipinski definition) is 5. The van der Waals surface area contributed by atoms with Gasteiger partial charge in [-0.2, -0.15) is 0 Å². The molecule has 0 saturated heterocycles. The smallest absolute Gasteiger partial charge is 0.195 e. The van der Waals surface area contributed by atoms with E-state index in [-0.39, 0.29) is 18.3 Å². The zero-order chi connectivity index (χ0) is 23.2. The van der Waals surface area contributed by atoms with Gasteiger partial charge in [-0.15, -0.1) is 21.8 Å². The van der Waals surface area contributed by atoms with Crippen molar-refractivity contribution in [1.29, 1.82) is 0 Å². The molecule has 0 unspecified atom stereocenters. The number of aromatic nitrogens is 3. The van der Waals surface area contributed by atoms with Crippen molar-refractivity contribution in [2.24, 2.45) is 0 Å². The Morgan fingerprint density at radius 2 is 1.67 bits per heavy atom. The molecule has 4 rings (SSSR count). The maximum Gasteiger partial charge on any atom is 0.195 e. The van der Waals surface area contributed by atoms with E-state index in [0.29, 0.717) is 40.1 Å². The zero-order valence-corrected chi connectivity index (χ0v) is 19.4. The minimum absolute atomic E-state index is 0.118. The Hall–Kier alpha value is -3.19. The van der Waals surface area contributed by atoms with Crippen LogP contribution >= 0.6 is 23.2 Å². The van der Waals surface area contributed by atoms with Crippen molar-refractivity contribution >= 4 is 29.0 Å². The Morgan fingerprint density at radius 1 is 0.939 bits per heavy atom. The van der Waals surface area contributed by atoms with Crippen molar-refractivity contribution in [3.8, 4) is 11.4 Å². The molecule has 0 aliphatic carbocycles. The molecule has 0 spiro atoms. The molecule has 8 heteroatoms. The lowest BCUT2D eigenvalue weighted by atomic mass is 10.0. The van der Waals surface area contributed by atoms with Crippen molar-refractivity contribution in [3.63, 3.8) is 0 Å². The molecule has 0 bridgehead atoms. The third kappa shape index (κ3) is 5.25. The SMILES string of the molecule is COc1ccc(COCc2nnc(CCl)n2-c2ccc(Cl)cc2C(=O)c2ccccc2)cc1. The van der Waals surface area contributed by atoms with E-state index in [0.717, 1.165) is 11.3 Å². The number of ketones is 1. The predicted octanol–water partition coefficient (Wildman–Crippen LogP) is 5.62. The van der Waals surface area contributed by atoms with E-state index in [9.17, 15) is 4.79 Å². The monoisotopic (exact) mass is 481 g/mol. The maximum atomic E-state index is 13.3. The van der Waals surface area contributed by atoms with Gasteiger partial charge in [-0.05, 0) is 35.9 Å². The summed E-state index contributed by atoms with van der Waals surface area (Å²) in [6, 6.07) is 21.8. The number of rotatable bonds is 9. The fourth-order valence-corrected chi connectivity index (χ4v) is 3.77. The number of benzene rings is 3. The van der Waals surface area contributed by atoms with Gasteiger partial charge in [-0.3, -0.25) is 9.36 Å². The molecule has 1 heterocycles. The Bertz CT molecular complexity index is 1240. The van der Waals surface area contributed by atoms with E-state index in [1.165, 1.54) is 0 Å². The van der Waals surface area contributed by atoms with Gasteiger partial charge in [0.2, 0.25) is 0 Å². The lowest BCUT2D eigenvalue weighted by Crippen LogP contribution is -2.12. The summed E-state index contributed by atoms with van der Waals surface area (Å²) in [5.74, 6) is 1.77. The highest BCUT2D eigenvalue weighted by atomic mass is 35.5. The van der Waals surface area contributed by atoms with Crippen LogP contribution in [0.15, 0.2) is 72.8 Å². The van der Waals surface area contributed by atoms with E-state index in [4.69, 9.17) is 32.7 Å². The van der Waals surface area contributed by atoms with Gasteiger partial charge in [0.25, 0.3) is 0 Å². The van der Waals surface area contributed by atoms with Crippen LogP contribution in [0.2, 0.25) is 5.02 Å². The quantitative estimate of drug-likeness (QED) is 0.229. The summed E-state index contributed by atoms with van der Waals surface area (Å²) in [6.45, 7) is 0.557. The molecule has 0 fully saturated rings. The van der Waals surface area contributed by atoms with Crippen LogP contribution in [0.5, 0.6) is 5.75 Å². The molecule has 3 aromatic carbocycles. The van der Waals surface area contributed by atoms with Gasteiger partial charge in [0.1, 0.15) is 12.4 Å². The van der Waals surface area contributed by atoms with Crippen molar-refractivity contribution in [3.05, 3.63) is 106 Å². The van der Waals surface area contributed by atoms with E-state index in [1.807, 2.05) is 42.5 Å². The lowest BCUT2D eigenvalue weighted by molar-refractivity contribution is 0.100. The first-order valence-corrected chi connectivity index (χ1v) is 11.1. The minimum Gasteiger partial charge on any atom is -0.497 e. The lowest BCUT2D eigenvalue weighted by Gasteiger charge is -2.15. The number of carbonyl (C=O) groups is 1. The van der Waals surface area contributed by atoms with E-state index in [1.54, 1.807) is 42.0 Å². The molecule has 0 radical (unpaired) electrons. The van der Waals surface area contributed by atoms with Crippen LogP contribution in [-0.4, -0.2) is 27.7 Å². The summed E-state index contributed by atoms with van der Waals surface area (Å²) in [4.78, 5) is 13.3. The van der Waals surface area contributed by atoms with Crippen molar-refractivity contribution in [2.75, 3.05) is 7.11 Å². The third-order valence-corrected chi connectivity index (χ3v) is 5.53. The van der Waals surface area contributed by atoms with Gasteiger partial charge < -0.3 is 9.47 Å². The first kappa shape index (κ1) is 23.0. The number of nitrogens with zero attached hydrogens (tertiary/aromatic N) is 3. The fourth-order valence-electron chi connectivity index (χ4n) is 3.42. The van der Waals surface area contributed by atoms with Crippen LogP contribution < -0.4 is 4.74 Å². The fraction of sp³-hybridized carbons (Fsp3) is 0.160. The summed E-state index contributed by atoms with van der Waals surface area (Å²) in [6.07, 6.45) is 0. The number of halogens is 2. The van der Waals surface area contributed by atoms with Gasteiger partial charge in [-0.25, -0.2) is 0 Å². The summed E-state index contributed by atoms with van der Waals surface area (Å²) >= 11 is 12.4. The molecule has 1 aromatic heterocycles. The summed E-state index contributed by atoms with van der Waals surface area (Å²) in [5.41, 5.74) is 2.57. The number of ether oxygens (including phenoxy) is 2. The molecule has 4 aromatic rings. The highest BCUT2D eigenvalue weighted by molar-refractivity contribution is 6.31. The van der Waals surface area contributed by atoms with Crippen molar-refractivity contribution in [1.82, 2.24) is 14.8 Å². The van der Waals surface area contributed by atoms with Crippen LogP contribution in [-0.2, 0) is 23.8 Å². The van der Waals surface area contributed by atoms with Crippen LogP contribution in [0.1, 0.15) is 33.1 Å². The molecule has 0 amide bonds. The predicted molar refractivity (Wildman–Crippen MR) is 127 cm³/mol. The van der Waals surface area contributed by atoms with Crippen LogP contribution in [0.25, 0.3) is 5.69 Å². The van der Waals surface area contributed by atoms with E-state index in [2.05, 4.69) is 10.2 Å². The highest BCUT2D eigenvalue weighted by Crippen LogP contribution is 2.26. The van der Waals surface area contributed by atoms with Gasteiger partial charge in [0.15, 0.2) is 17.4 Å². The Balaban J connectivity index is 1.64. The first-order chi connectivity index (χ1) is 16.1. The van der Waals surface area contributed by atoms with Gasteiger partial charge in [0.05, 0.1) is 25.3 Å². The summed E-state index contributed by atoms with van der Waals surface area (Å²) in [7, 11) is 1.63. The van der Waals surface area contributed by atoms with Crippen molar-refractivity contribution < 1.29 is 14.3 Å². The number of alkyl halides is 1. The first-order valence-electron chi connectivity index (χ1n) is 10.2. The Morgan fingerprint density at radius 3 is 2.36 bits per heavy atom. The second kappa shape index (κ2) is 10.6. The second-order valence-corrected chi connectivity index (χ2v) is 7.90. The highest BCUT2D eigenvalue weighted by Gasteiger charge is 2.21. The molecular weight excluding hydrogens is 461 g/mol.